The number of nitrogens with zero attached hydrogens (tertiary/aromatic N) is 3. The molecule has 9 nitrogen and oxygen atoms in total. The molecule has 1 aromatic carbocycles. The Kier molecular flexibility index (Phi) is 6.76. The molecule has 0 radical (unpaired) electrons. The van der Waals surface area contributed by atoms with Crippen LogP contribution in [-0.2, 0) is 4.79 Å². The van der Waals surface area contributed by atoms with Crippen LogP contribution in [0.5, 0.6) is 0 Å². The van der Waals surface area contributed by atoms with E-state index in [9.17, 15) is 14.4 Å². The summed E-state index contributed by atoms with van der Waals surface area (Å²) in [5, 5.41) is 6.57. The van der Waals surface area contributed by atoms with Crippen molar-refractivity contribution in [3.63, 3.8) is 0 Å². The van der Waals surface area contributed by atoms with E-state index in [2.05, 4.69) is 15.6 Å². The van der Waals surface area contributed by atoms with Gasteiger partial charge in [-0.2, -0.15) is 0 Å². The highest BCUT2D eigenvalue weighted by Crippen LogP contribution is 2.24. The molecule has 3 amide bonds. The van der Waals surface area contributed by atoms with Crippen molar-refractivity contribution in [2.75, 3.05) is 43.4 Å². The minimum absolute atomic E-state index is 0.0531. The predicted octanol–water partition coefficient (Wildman–Crippen LogP) is 2.44. The molecule has 0 unspecified atom stereocenters. The number of rotatable bonds is 7. The standard InChI is InChI=1S/C24H30N6O3/c1-16(31)29-11-7-17(8-12-29)14-26-21-13-22(27-15-20(21)23(25)32)28-19-5-3-18(4-6-19)24(33)30-9-2-10-30/h3-6,13,15,17H,2,7-12,14H2,1H3,(H2,25,32)(H2,26,27,28). The van der Waals surface area contributed by atoms with Crippen molar-refractivity contribution >= 4 is 34.9 Å². The van der Waals surface area contributed by atoms with Gasteiger partial charge in [-0.05, 0) is 49.4 Å². The SMILES string of the molecule is CC(=O)N1CCC(CNc2cc(Nc3ccc(C(=O)N4CCC4)cc3)ncc2C(N)=O)CC1. The van der Waals surface area contributed by atoms with Gasteiger partial charge in [0.15, 0.2) is 0 Å². The molecule has 3 heterocycles. The summed E-state index contributed by atoms with van der Waals surface area (Å²) in [4.78, 5) is 43.7. The fourth-order valence-corrected chi connectivity index (χ4v) is 4.12. The van der Waals surface area contributed by atoms with E-state index in [1.165, 1.54) is 6.20 Å². The van der Waals surface area contributed by atoms with Crippen molar-refractivity contribution in [2.45, 2.75) is 26.2 Å². The van der Waals surface area contributed by atoms with Crippen molar-refractivity contribution in [3.05, 3.63) is 47.7 Å². The van der Waals surface area contributed by atoms with Gasteiger partial charge in [-0.15, -0.1) is 0 Å². The van der Waals surface area contributed by atoms with E-state index in [1.54, 1.807) is 25.1 Å². The van der Waals surface area contributed by atoms with Crippen molar-refractivity contribution in [2.24, 2.45) is 11.7 Å². The topological polar surface area (TPSA) is 121 Å². The van der Waals surface area contributed by atoms with Crippen LogP contribution in [0.3, 0.4) is 0 Å². The molecule has 4 N–H and O–H groups in total. The van der Waals surface area contributed by atoms with Gasteiger partial charge in [-0.25, -0.2) is 4.98 Å². The summed E-state index contributed by atoms with van der Waals surface area (Å²) in [7, 11) is 0. The number of pyridine rings is 1. The van der Waals surface area contributed by atoms with Crippen molar-refractivity contribution in [3.8, 4) is 0 Å². The zero-order chi connectivity index (χ0) is 23.4. The first-order valence-corrected chi connectivity index (χ1v) is 11.4. The average Bonchev–Trinajstić information content (AvgIpc) is 2.77. The second kappa shape index (κ2) is 9.89. The fourth-order valence-electron chi connectivity index (χ4n) is 4.12. The number of primary amides is 1. The third-order valence-electron chi connectivity index (χ3n) is 6.36. The van der Waals surface area contributed by atoms with Gasteiger partial charge in [-0.3, -0.25) is 14.4 Å². The summed E-state index contributed by atoms with van der Waals surface area (Å²) >= 11 is 0. The van der Waals surface area contributed by atoms with Crippen LogP contribution in [0.15, 0.2) is 36.5 Å². The molecule has 0 aliphatic carbocycles. The third-order valence-corrected chi connectivity index (χ3v) is 6.36. The first kappa shape index (κ1) is 22.6. The van der Waals surface area contributed by atoms with Crippen molar-refractivity contribution in [1.82, 2.24) is 14.8 Å². The number of anilines is 3. The van der Waals surface area contributed by atoms with Gasteiger partial charge in [0, 0.05) is 63.2 Å². The van der Waals surface area contributed by atoms with Gasteiger partial charge < -0.3 is 26.2 Å². The van der Waals surface area contributed by atoms with E-state index in [4.69, 9.17) is 5.73 Å². The van der Waals surface area contributed by atoms with Gasteiger partial charge in [0.05, 0.1) is 11.3 Å². The zero-order valence-electron chi connectivity index (χ0n) is 18.8. The highest BCUT2D eigenvalue weighted by molar-refractivity contribution is 5.98. The van der Waals surface area contributed by atoms with Crippen LogP contribution < -0.4 is 16.4 Å². The number of nitrogens with two attached hydrogens (primary N) is 1. The summed E-state index contributed by atoms with van der Waals surface area (Å²) in [5.74, 6) is 0.590. The number of piperidine rings is 1. The predicted molar refractivity (Wildman–Crippen MR) is 126 cm³/mol. The van der Waals surface area contributed by atoms with Crippen molar-refractivity contribution < 1.29 is 14.4 Å². The monoisotopic (exact) mass is 450 g/mol. The number of carbonyl (C=O) groups is 3. The Hall–Kier alpha value is -3.62. The van der Waals surface area contributed by atoms with Crippen LogP contribution in [0.2, 0.25) is 0 Å². The highest BCUT2D eigenvalue weighted by atomic mass is 16.2. The number of benzene rings is 1. The quantitative estimate of drug-likeness (QED) is 0.596. The molecular formula is C24H30N6O3. The summed E-state index contributed by atoms with van der Waals surface area (Å²) in [6.07, 6.45) is 4.35. The van der Waals surface area contributed by atoms with Gasteiger partial charge in [0.1, 0.15) is 5.82 Å². The molecule has 0 atom stereocenters. The molecule has 174 valence electrons. The molecule has 1 aromatic heterocycles. The lowest BCUT2D eigenvalue weighted by atomic mass is 9.96. The molecule has 2 saturated heterocycles. The Morgan fingerprint density at radius 2 is 1.76 bits per heavy atom. The maximum Gasteiger partial charge on any atom is 0.253 e. The van der Waals surface area contributed by atoms with Gasteiger partial charge >= 0.3 is 0 Å². The Morgan fingerprint density at radius 3 is 2.33 bits per heavy atom. The average molecular weight is 451 g/mol. The van der Waals surface area contributed by atoms with Crippen LogP contribution in [0.4, 0.5) is 17.2 Å². The molecular weight excluding hydrogens is 420 g/mol. The minimum Gasteiger partial charge on any atom is -0.384 e. The lowest BCUT2D eigenvalue weighted by Crippen LogP contribution is -2.41. The third kappa shape index (κ3) is 5.42. The zero-order valence-corrected chi connectivity index (χ0v) is 18.8. The largest absolute Gasteiger partial charge is 0.384 e. The lowest BCUT2D eigenvalue weighted by Gasteiger charge is -2.31. The van der Waals surface area contributed by atoms with Crippen LogP contribution in [0.25, 0.3) is 0 Å². The number of nitrogens with one attached hydrogen (secondary N) is 2. The summed E-state index contributed by atoms with van der Waals surface area (Å²) in [5.41, 5.74) is 7.95. The number of likely N-dealkylation sites (tertiary alicyclic amines) is 2. The molecule has 2 aromatic rings. The van der Waals surface area contributed by atoms with E-state index in [0.717, 1.165) is 51.1 Å². The molecule has 0 bridgehead atoms. The Balaban J connectivity index is 1.40. The van der Waals surface area contributed by atoms with Crippen LogP contribution in [0.1, 0.15) is 46.9 Å². The molecule has 0 spiro atoms. The molecule has 2 aliphatic rings. The minimum atomic E-state index is -0.545. The summed E-state index contributed by atoms with van der Waals surface area (Å²) in [6.45, 7) is 5.43. The first-order chi connectivity index (χ1) is 15.9. The molecule has 4 rings (SSSR count). The van der Waals surface area contributed by atoms with Crippen molar-refractivity contribution in [1.29, 1.82) is 0 Å². The van der Waals surface area contributed by atoms with Crippen LogP contribution in [-0.4, -0.2) is 65.2 Å². The summed E-state index contributed by atoms with van der Waals surface area (Å²) < 4.78 is 0. The first-order valence-electron chi connectivity index (χ1n) is 11.4. The van der Waals surface area contributed by atoms with Gasteiger partial charge in [0.25, 0.3) is 11.8 Å². The van der Waals surface area contributed by atoms with Gasteiger partial charge in [0.2, 0.25) is 5.91 Å². The molecule has 33 heavy (non-hydrogen) atoms. The molecule has 0 saturated carbocycles. The number of carbonyl (C=O) groups excluding carboxylic acids is 3. The van der Waals surface area contributed by atoms with E-state index >= 15 is 0 Å². The van der Waals surface area contributed by atoms with Crippen LogP contribution in [0, 0.1) is 5.92 Å². The maximum absolute atomic E-state index is 12.3. The summed E-state index contributed by atoms with van der Waals surface area (Å²) in [6, 6.07) is 9.05. The molecule has 2 fully saturated rings. The second-order valence-electron chi connectivity index (χ2n) is 8.66. The van der Waals surface area contributed by atoms with Crippen LogP contribution >= 0.6 is 0 Å². The second-order valence-corrected chi connectivity index (χ2v) is 8.66. The van der Waals surface area contributed by atoms with E-state index in [1.807, 2.05) is 21.9 Å². The smallest absolute Gasteiger partial charge is 0.253 e. The lowest BCUT2D eigenvalue weighted by molar-refractivity contribution is -0.130. The Bertz CT molecular complexity index is 1030. The number of hydrogen-bond donors (Lipinski definition) is 3. The number of amides is 3. The number of aromatic nitrogens is 1. The highest BCUT2D eigenvalue weighted by Gasteiger charge is 2.22. The fraction of sp³-hybridized carbons (Fsp3) is 0.417. The van der Waals surface area contributed by atoms with E-state index in [0.29, 0.717) is 35.1 Å². The van der Waals surface area contributed by atoms with Gasteiger partial charge in [-0.1, -0.05) is 0 Å². The normalized spacial score (nSPS) is 16.2. The molecule has 2 aliphatic heterocycles. The maximum atomic E-state index is 12.3. The Morgan fingerprint density at radius 1 is 1.06 bits per heavy atom. The number of hydrogen-bond acceptors (Lipinski definition) is 6. The molecule has 9 heteroatoms. The van der Waals surface area contributed by atoms with E-state index in [-0.39, 0.29) is 11.8 Å². The Labute approximate surface area is 193 Å². The van der Waals surface area contributed by atoms with E-state index < -0.39 is 5.91 Å².